The first-order valence-electron chi connectivity index (χ1n) is 7.76. The number of fused-ring (bicyclic) bond motifs is 5. The Hall–Kier alpha value is -1.22. The van der Waals surface area contributed by atoms with Crippen LogP contribution < -0.4 is 14.8 Å². The van der Waals surface area contributed by atoms with Gasteiger partial charge in [0.15, 0.2) is 0 Å². The average molecular weight is 273 g/mol. The van der Waals surface area contributed by atoms with Crippen LogP contribution >= 0.6 is 0 Å². The van der Waals surface area contributed by atoms with Gasteiger partial charge in [0.2, 0.25) is 0 Å². The number of rotatable bonds is 5. The fourth-order valence-electron chi connectivity index (χ4n) is 4.82. The molecule has 2 bridgehead atoms. The van der Waals surface area contributed by atoms with Crippen LogP contribution in [0.5, 0.6) is 11.5 Å². The summed E-state index contributed by atoms with van der Waals surface area (Å²) in [5.74, 6) is 5.80. The summed E-state index contributed by atoms with van der Waals surface area (Å²) in [7, 11) is 3.41. The van der Waals surface area contributed by atoms with Gasteiger partial charge in [0, 0.05) is 24.2 Å². The Labute approximate surface area is 120 Å². The predicted octanol–water partition coefficient (Wildman–Crippen LogP) is 2.84. The number of ether oxygens (including phenoxy) is 2. The molecule has 0 heterocycles. The molecule has 1 aromatic rings. The molecule has 1 aromatic carbocycles. The van der Waals surface area contributed by atoms with Gasteiger partial charge in [0.05, 0.1) is 14.2 Å². The molecule has 3 aliphatic carbocycles. The smallest absolute Gasteiger partial charge is 0.127 e. The maximum absolute atomic E-state index is 5.47. The first-order chi connectivity index (χ1) is 9.81. The van der Waals surface area contributed by atoms with Crippen LogP contribution in [-0.4, -0.2) is 20.3 Å². The van der Waals surface area contributed by atoms with Crippen molar-refractivity contribution in [2.45, 2.75) is 31.8 Å². The molecule has 20 heavy (non-hydrogen) atoms. The molecule has 0 saturated heterocycles. The molecule has 3 fully saturated rings. The Kier molecular flexibility index (Phi) is 2.92. The molecule has 4 unspecified atom stereocenters. The van der Waals surface area contributed by atoms with E-state index in [1.807, 2.05) is 12.1 Å². The van der Waals surface area contributed by atoms with E-state index in [0.717, 1.165) is 47.8 Å². The van der Waals surface area contributed by atoms with Gasteiger partial charge in [0.25, 0.3) is 0 Å². The van der Waals surface area contributed by atoms with Crippen LogP contribution in [0.25, 0.3) is 0 Å². The molecule has 3 saturated carbocycles. The van der Waals surface area contributed by atoms with E-state index in [0.29, 0.717) is 0 Å². The second kappa shape index (κ2) is 4.66. The van der Waals surface area contributed by atoms with Crippen molar-refractivity contribution in [3.63, 3.8) is 0 Å². The number of nitrogens with one attached hydrogen (secondary N) is 1. The first kappa shape index (κ1) is 12.5. The van der Waals surface area contributed by atoms with Crippen LogP contribution in [0.2, 0.25) is 0 Å². The van der Waals surface area contributed by atoms with Crippen molar-refractivity contribution in [3.05, 3.63) is 23.8 Å². The molecule has 0 amide bonds. The van der Waals surface area contributed by atoms with Gasteiger partial charge in [-0.2, -0.15) is 0 Å². The molecule has 3 aliphatic rings. The third kappa shape index (κ3) is 1.83. The zero-order valence-electron chi connectivity index (χ0n) is 12.3. The average Bonchev–Trinajstić information content (AvgIpc) is 2.88. The van der Waals surface area contributed by atoms with Gasteiger partial charge in [-0.15, -0.1) is 0 Å². The Morgan fingerprint density at radius 1 is 1.10 bits per heavy atom. The van der Waals surface area contributed by atoms with Crippen molar-refractivity contribution in [2.75, 3.05) is 14.2 Å². The summed E-state index contributed by atoms with van der Waals surface area (Å²) in [4.78, 5) is 0. The monoisotopic (exact) mass is 273 g/mol. The Morgan fingerprint density at radius 2 is 1.85 bits per heavy atom. The topological polar surface area (TPSA) is 30.5 Å². The summed E-state index contributed by atoms with van der Waals surface area (Å²) in [5, 5.41) is 3.77. The number of hydrogen-bond donors (Lipinski definition) is 1. The van der Waals surface area contributed by atoms with Crippen LogP contribution in [0.3, 0.4) is 0 Å². The predicted molar refractivity (Wildman–Crippen MR) is 78.0 cm³/mol. The maximum atomic E-state index is 5.47. The second-order valence-corrected chi connectivity index (χ2v) is 6.57. The van der Waals surface area contributed by atoms with E-state index in [4.69, 9.17) is 9.47 Å². The van der Waals surface area contributed by atoms with Crippen molar-refractivity contribution < 1.29 is 9.47 Å². The van der Waals surface area contributed by atoms with E-state index >= 15 is 0 Å². The largest absolute Gasteiger partial charge is 0.497 e. The van der Waals surface area contributed by atoms with E-state index in [-0.39, 0.29) is 0 Å². The van der Waals surface area contributed by atoms with Crippen molar-refractivity contribution in [2.24, 2.45) is 23.7 Å². The molecule has 1 N–H and O–H groups in total. The third-order valence-corrected chi connectivity index (χ3v) is 5.76. The highest BCUT2D eigenvalue weighted by Gasteiger charge is 2.64. The summed E-state index contributed by atoms with van der Waals surface area (Å²) in [6.45, 7) is 0.907. The van der Waals surface area contributed by atoms with Gasteiger partial charge in [-0.1, -0.05) is 6.07 Å². The minimum Gasteiger partial charge on any atom is -0.497 e. The molecule has 108 valence electrons. The van der Waals surface area contributed by atoms with E-state index < -0.39 is 0 Å². The summed E-state index contributed by atoms with van der Waals surface area (Å²) in [6, 6.07) is 6.86. The summed E-state index contributed by atoms with van der Waals surface area (Å²) in [5.41, 5.74) is 1.23. The first-order valence-corrected chi connectivity index (χ1v) is 7.76. The zero-order chi connectivity index (χ0) is 13.7. The molecule has 4 rings (SSSR count). The Bertz CT molecular complexity index is 500. The van der Waals surface area contributed by atoms with Gasteiger partial charge < -0.3 is 14.8 Å². The Morgan fingerprint density at radius 3 is 2.50 bits per heavy atom. The lowest BCUT2D eigenvalue weighted by Gasteiger charge is -2.13. The maximum Gasteiger partial charge on any atom is 0.127 e. The van der Waals surface area contributed by atoms with Crippen molar-refractivity contribution in [3.8, 4) is 11.5 Å². The summed E-state index contributed by atoms with van der Waals surface area (Å²) >= 11 is 0. The van der Waals surface area contributed by atoms with Gasteiger partial charge in [-0.25, -0.2) is 0 Å². The van der Waals surface area contributed by atoms with Crippen molar-refractivity contribution in [1.29, 1.82) is 0 Å². The Balaban J connectivity index is 1.41. The van der Waals surface area contributed by atoms with Crippen LogP contribution in [-0.2, 0) is 6.54 Å². The minimum atomic E-state index is 0.771. The second-order valence-electron chi connectivity index (χ2n) is 6.57. The fraction of sp³-hybridized carbons (Fsp3) is 0.647. The molecule has 3 heteroatoms. The van der Waals surface area contributed by atoms with Gasteiger partial charge in [-0.3, -0.25) is 0 Å². The highest BCUT2D eigenvalue weighted by atomic mass is 16.5. The molecular weight excluding hydrogens is 250 g/mol. The van der Waals surface area contributed by atoms with Crippen LogP contribution in [0, 0.1) is 23.7 Å². The molecule has 0 aromatic heterocycles. The van der Waals surface area contributed by atoms with E-state index in [2.05, 4.69) is 11.4 Å². The fourth-order valence-corrected chi connectivity index (χ4v) is 4.82. The van der Waals surface area contributed by atoms with Crippen LogP contribution in [0.4, 0.5) is 0 Å². The molecular formula is C17H23NO2. The molecule has 0 spiro atoms. The van der Waals surface area contributed by atoms with E-state index in [1.54, 1.807) is 14.2 Å². The summed E-state index contributed by atoms with van der Waals surface area (Å²) < 4.78 is 10.7. The number of hydrogen-bond acceptors (Lipinski definition) is 3. The molecule has 0 radical (unpaired) electrons. The SMILES string of the molecule is COc1ccc(CNC2C3C4CCC(C4)C23)c(OC)c1. The number of benzene rings is 1. The molecule has 4 atom stereocenters. The lowest BCUT2D eigenvalue weighted by Crippen LogP contribution is -2.22. The summed E-state index contributed by atoms with van der Waals surface area (Å²) in [6.07, 6.45) is 4.48. The lowest BCUT2D eigenvalue weighted by atomic mass is 10.0. The van der Waals surface area contributed by atoms with Crippen molar-refractivity contribution >= 4 is 0 Å². The van der Waals surface area contributed by atoms with Crippen molar-refractivity contribution in [1.82, 2.24) is 5.32 Å². The third-order valence-electron chi connectivity index (χ3n) is 5.76. The van der Waals surface area contributed by atoms with Gasteiger partial charge in [0.1, 0.15) is 11.5 Å². The van der Waals surface area contributed by atoms with E-state index in [1.165, 1.54) is 24.8 Å². The van der Waals surface area contributed by atoms with Crippen LogP contribution in [0.15, 0.2) is 18.2 Å². The van der Waals surface area contributed by atoms with Crippen LogP contribution in [0.1, 0.15) is 24.8 Å². The lowest BCUT2D eigenvalue weighted by molar-refractivity contribution is 0.388. The highest BCUT2D eigenvalue weighted by Crippen LogP contribution is 2.65. The standard InChI is InChI=1S/C17H23NO2/c1-19-13-6-5-12(14(8-13)20-2)9-18-17-15-10-3-4-11(7-10)16(15)17/h5-6,8,10-11,15-18H,3-4,7,9H2,1-2H3. The van der Waals surface area contributed by atoms with Gasteiger partial charge >= 0.3 is 0 Å². The van der Waals surface area contributed by atoms with E-state index in [9.17, 15) is 0 Å². The molecule has 0 aliphatic heterocycles. The minimum absolute atomic E-state index is 0.771. The number of methoxy groups -OCH3 is 2. The normalized spacial score (nSPS) is 36.8. The quantitative estimate of drug-likeness (QED) is 0.895. The zero-order valence-corrected chi connectivity index (χ0v) is 12.3. The molecule has 3 nitrogen and oxygen atoms in total. The highest BCUT2D eigenvalue weighted by molar-refractivity contribution is 5.40. The van der Waals surface area contributed by atoms with Gasteiger partial charge in [-0.05, 0) is 49.0 Å².